The highest BCUT2D eigenvalue weighted by Gasteiger charge is 2.25. The van der Waals surface area contributed by atoms with Crippen molar-refractivity contribution < 1.29 is 9.18 Å². The zero-order chi connectivity index (χ0) is 15.9. The zero-order valence-corrected chi connectivity index (χ0v) is 12.3. The predicted octanol–water partition coefficient (Wildman–Crippen LogP) is 1.83. The first kappa shape index (κ1) is 15.8. The van der Waals surface area contributed by atoms with E-state index in [1.54, 1.807) is 46.4 Å². The molecule has 0 unspecified atom stereocenters. The molecule has 0 aliphatic carbocycles. The van der Waals surface area contributed by atoms with Crippen LogP contribution in [0.2, 0.25) is 0 Å². The quantitative estimate of drug-likeness (QED) is 0.513. The summed E-state index contributed by atoms with van der Waals surface area (Å²) in [5, 5.41) is 0. The summed E-state index contributed by atoms with van der Waals surface area (Å²) in [6, 6.07) is 4.50. The van der Waals surface area contributed by atoms with E-state index in [0.717, 1.165) is 0 Å². The van der Waals surface area contributed by atoms with Gasteiger partial charge in [0.25, 0.3) is 0 Å². The fourth-order valence-electron chi connectivity index (χ4n) is 2.18. The zero-order valence-electron chi connectivity index (χ0n) is 12.3. The summed E-state index contributed by atoms with van der Waals surface area (Å²) >= 11 is 0. The summed E-state index contributed by atoms with van der Waals surface area (Å²) in [7, 11) is 0. The Balaban J connectivity index is 1.95. The van der Waals surface area contributed by atoms with Crippen LogP contribution in [0.5, 0.6) is 0 Å². The summed E-state index contributed by atoms with van der Waals surface area (Å²) in [6.07, 6.45) is 6.78. The highest BCUT2D eigenvalue weighted by Crippen LogP contribution is 2.23. The van der Waals surface area contributed by atoms with Gasteiger partial charge in [0.15, 0.2) is 0 Å². The standard InChI is InChI=1S/C16H19FN4O/c1-2-3-4-7-19-12-21-9-8-20(11-16(21)22)15-6-5-13(18)10-14(15)17/h2-7,10H,1,8-9,11-12,18H2/b4-3-,19-7-. The Morgan fingerprint density at radius 3 is 2.86 bits per heavy atom. The van der Waals surface area contributed by atoms with Crippen LogP contribution in [0, 0.1) is 5.82 Å². The van der Waals surface area contributed by atoms with E-state index in [0.29, 0.717) is 31.1 Å². The van der Waals surface area contributed by atoms with Crippen LogP contribution in [0.4, 0.5) is 15.8 Å². The topological polar surface area (TPSA) is 61.9 Å². The molecule has 22 heavy (non-hydrogen) atoms. The van der Waals surface area contributed by atoms with Crippen LogP contribution in [0.15, 0.2) is 48.0 Å². The first-order valence-electron chi connectivity index (χ1n) is 6.97. The number of aliphatic imine (C=N–C) groups is 1. The Hall–Kier alpha value is -2.63. The highest BCUT2D eigenvalue weighted by atomic mass is 19.1. The minimum Gasteiger partial charge on any atom is -0.399 e. The molecular weight excluding hydrogens is 283 g/mol. The molecule has 6 heteroatoms. The van der Waals surface area contributed by atoms with Crippen molar-refractivity contribution >= 4 is 23.5 Å². The van der Waals surface area contributed by atoms with E-state index in [1.807, 2.05) is 0 Å². The number of anilines is 2. The normalized spacial score (nSPS) is 16.0. The van der Waals surface area contributed by atoms with Crippen molar-refractivity contribution in [1.29, 1.82) is 0 Å². The maximum Gasteiger partial charge on any atom is 0.243 e. The number of amides is 1. The van der Waals surface area contributed by atoms with Gasteiger partial charge in [-0.05, 0) is 24.3 Å². The fraction of sp³-hybridized carbons (Fsp3) is 0.250. The lowest BCUT2D eigenvalue weighted by Gasteiger charge is -2.34. The van der Waals surface area contributed by atoms with Crippen molar-refractivity contribution in [2.45, 2.75) is 0 Å². The van der Waals surface area contributed by atoms with Gasteiger partial charge in [-0.15, -0.1) is 0 Å². The van der Waals surface area contributed by atoms with Gasteiger partial charge in [-0.25, -0.2) is 4.39 Å². The number of allylic oxidation sites excluding steroid dienone is 3. The third-order valence-electron chi connectivity index (χ3n) is 3.32. The first-order valence-corrected chi connectivity index (χ1v) is 6.97. The maximum atomic E-state index is 13.9. The average Bonchev–Trinajstić information content (AvgIpc) is 2.48. The smallest absolute Gasteiger partial charge is 0.243 e. The van der Waals surface area contributed by atoms with Crippen molar-refractivity contribution in [3.63, 3.8) is 0 Å². The summed E-state index contributed by atoms with van der Waals surface area (Å²) in [4.78, 5) is 19.6. The summed E-state index contributed by atoms with van der Waals surface area (Å²) in [6.45, 7) is 5.06. The number of carbonyl (C=O) groups is 1. The average molecular weight is 302 g/mol. The number of hydrogen-bond donors (Lipinski definition) is 1. The molecular formula is C16H19FN4O. The minimum atomic E-state index is -0.408. The molecule has 0 atom stereocenters. The lowest BCUT2D eigenvalue weighted by Crippen LogP contribution is -2.50. The van der Waals surface area contributed by atoms with E-state index in [2.05, 4.69) is 11.6 Å². The van der Waals surface area contributed by atoms with Crippen molar-refractivity contribution in [1.82, 2.24) is 4.90 Å². The van der Waals surface area contributed by atoms with Crippen LogP contribution in [0.3, 0.4) is 0 Å². The van der Waals surface area contributed by atoms with Gasteiger partial charge in [0, 0.05) is 25.0 Å². The largest absolute Gasteiger partial charge is 0.399 e. The number of hydrogen-bond acceptors (Lipinski definition) is 4. The third-order valence-corrected chi connectivity index (χ3v) is 3.32. The van der Waals surface area contributed by atoms with Crippen molar-refractivity contribution in [3.05, 3.63) is 48.8 Å². The molecule has 1 heterocycles. The highest BCUT2D eigenvalue weighted by molar-refractivity contribution is 5.83. The molecule has 1 aliphatic rings. The molecule has 1 amide bonds. The summed E-state index contributed by atoms with van der Waals surface area (Å²) < 4.78 is 13.9. The number of piperazine rings is 1. The van der Waals surface area contributed by atoms with E-state index in [9.17, 15) is 9.18 Å². The number of carbonyl (C=O) groups excluding carboxylic acids is 1. The second-order valence-electron chi connectivity index (χ2n) is 4.88. The van der Waals surface area contributed by atoms with Gasteiger partial charge in [0.1, 0.15) is 12.5 Å². The number of halogens is 1. The van der Waals surface area contributed by atoms with Gasteiger partial charge in [-0.1, -0.05) is 18.7 Å². The molecule has 0 saturated carbocycles. The van der Waals surface area contributed by atoms with Crippen LogP contribution in [0.25, 0.3) is 0 Å². The van der Waals surface area contributed by atoms with E-state index in [4.69, 9.17) is 5.73 Å². The Labute approximate surface area is 129 Å². The second-order valence-corrected chi connectivity index (χ2v) is 4.88. The van der Waals surface area contributed by atoms with Gasteiger partial charge in [-0.3, -0.25) is 9.79 Å². The van der Waals surface area contributed by atoms with Gasteiger partial charge >= 0.3 is 0 Å². The van der Waals surface area contributed by atoms with Crippen LogP contribution in [0.1, 0.15) is 0 Å². The third kappa shape index (κ3) is 3.94. The van der Waals surface area contributed by atoms with Crippen LogP contribution >= 0.6 is 0 Å². The molecule has 5 nitrogen and oxygen atoms in total. The number of nitrogens with two attached hydrogens (primary N) is 1. The Bertz CT molecular complexity index is 612. The van der Waals surface area contributed by atoms with Crippen LogP contribution in [-0.2, 0) is 4.79 Å². The molecule has 0 radical (unpaired) electrons. The van der Waals surface area contributed by atoms with E-state index < -0.39 is 5.82 Å². The Morgan fingerprint density at radius 1 is 1.36 bits per heavy atom. The number of benzene rings is 1. The molecule has 0 spiro atoms. The minimum absolute atomic E-state index is 0.0766. The van der Waals surface area contributed by atoms with Crippen molar-refractivity contribution in [3.8, 4) is 0 Å². The molecule has 0 aromatic heterocycles. The van der Waals surface area contributed by atoms with E-state index >= 15 is 0 Å². The van der Waals surface area contributed by atoms with Crippen molar-refractivity contribution in [2.24, 2.45) is 4.99 Å². The molecule has 116 valence electrons. The van der Waals surface area contributed by atoms with Gasteiger partial charge < -0.3 is 15.5 Å². The first-order chi connectivity index (χ1) is 10.6. The molecule has 0 bridgehead atoms. The number of nitrogen functional groups attached to an aromatic ring is 1. The van der Waals surface area contributed by atoms with Crippen LogP contribution < -0.4 is 10.6 Å². The Kier molecular flexibility index (Phi) is 5.30. The summed E-state index contributed by atoms with van der Waals surface area (Å²) in [5.41, 5.74) is 6.31. The predicted molar refractivity (Wildman–Crippen MR) is 87.4 cm³/mol. The molecule has 1 saturated heterocycles. The SMILES string of the molecule is C=C/C=C\C=N/CN1CCN(c2ccc(N)cc2F)CC1=O. The number of rotatable bonds is 5. The molecule has 2 N–H and O–H groups in total. The lowest BCUT2D eigenvalue weighted by atomic mass is 10.2. The molecule has 1 aliphatic heterocycles. The molecule has 1 fully saturated rings. The fourth-order valence-corrected chi connectivity index (χ4v) is 2.18. The Morgan fingerprint density at radius 2 is 2.18 bits per heavy atom. The van der Waals surface area contributed by atoms with Crippen LogP contribution in [-0.4, -0.2) is 43.3 Å². The van der Waals surface area contributed by atoms with E-state index in [-0.39, 0.29) is 12.5 Å². The van der Waals surface area contributed by atoms with Gasteiger partial charge in [-0.2, -0.15) is 0 Å². The van der Waals surface area contributed by atoms with Gasteiger partial charge in [0.05, 0.1) is 12.2 Å². The molecule has 2 rings (SSSR count). The summed E-state index contributed by atoms with van der Waals surface area (Å²) in [5.74, 6) is -0.485. The lowest BCUT2D eigenvalue weighted by molar-refractivity contribution is -0.130. The number of nitrogens with zero attached hydrogens (tertiary/aromatic N) is 3. The molecule has 1 aromatic carbocycles. The van der Waals surface area contributed by atoms with E-state index in [1.165, 1.54) is 6.07 Å². The second kappa shape index (κ2) is 7.40. The monoisotopic (exact) mass is 302 g/mol. The maximum absolute atomic E-state index is 13.9. The van der Waals surface area contributed by atoms with Crippen molar-refractivity contribution in [2.75, 3.05) is 36.9 Å². The molecule has 1 aromatic rings. The van der Waals surface area contributed by atoms with Gasteiger partial charge in [0.2, 0.25) is 5.91 Å².